The Labute approximate surface area is 125 Å². The predicted octanol–water partition coefficient (Wildman–Crippen LogP) is 0.785. The number of aromatic nitrogens is 3. The van der Waals surface area contributed by atoms with Crippen LogP contribution in [0.3, 0.4) is 0 Å². The molecule has 9 heteroatoms. The van der Waals surface area contributed by atoms with Gasteiger partial charge in [-0.25, -0.2) is 18.2 Å². The molecule has 21 heavy (non-hydrogen) atoms. The zero-order valence-corrected chi connectivity index (χ0v) is 13.4. The quantitative estimate of drug-likeness (QED) is 0.694. The lowest BCUT2D eigenvalue weighted by Crippen LogP contribution is -2.35. The summed E-state index contributed by atoms with van der Waals surface area (Å²) in [5.74, 6) is 0. The van der Waals surface area contributed by atoms with Crippen LogP contribution in [0.15, 0.2) is 24.1 Å². The summed E-state index contributed by atoms with van der Waals surface area (Å²) in [5, 5.41) is 3.42. The van der Waals surface area contributed by atoms with Gasteiger partial charge < -0.3 is 4.90 Å². The number of rotatable bonds is 7. The van der Waals surface area contributed by atoms with E-state index in [4.69, 9.17) is 0 Å². The van der Waals surface area contributed by atoms with Gasteiger partial charge in [-0.3, -0.25) is 0 Å². The Kier molecular flexibility index (Phi) is 6.03. The molecule has 0 saturated carbocycles. The fourth-order valence-electron chi connectivity index (χ4n) is 1.75. The molecule has 118 valence electrons. The molecule has 0 aliphatic rings. The molecule has 0 aromatic carbocycles. The van der Waals surface area contributed by atoms with Crippen LogP contribution in [0.25, 0.3) is 0 Å². The first-order valence-corrected chi connectivity index (χ1v) is 8.18. The number of nitrogens with zero attached hydrogens (tertiary/aromatic N) is 5. The number of amides is 1. The molecule has 1 rings (SSSR count). The molecule has 0 aliphatic heterocycles. The molecule has 0 aliphatic carbocycles. The minimum Gasteiger partial charge on any atom is -0.323 e. The molecular weight excluding hydrogens is 294 g/mol. The van der Waals surface area contributed by atoms with Gasteiger partial charge in [-0.2, -0.15) is 8.99 Å². The molecule has 0 saturated heterocycles. The standard InChI is InChI=1S/C12H21N5O3S/c1-5-9-16(8-4)21(19,20)11-13-10-17(14-11)12(18)15(6-2)7-3/h5,10H,1,6-9H2,2-4H3. The Balaban J connectivity index is 3.07. The summed E-state index contributed by atoms with van der Waals surface area (Å²) in [6.07, 6.45) is 2.61. The summed E-state index contributed by atoms with van der Waals surface area (Å²) in [4.78, 5) is 17.3. The van der Waals surface area contributed by atoms with Crippen molar-refractivity contribution < 1.29 is 13.2 Å². The summed E-state index contributed by atoms with van der Waals surface area (Å²) in [7, 11) is -3.82. The maximum absolute atomic E-state index is 12.3. The van der Waals surface area contributed by atoms with Crippen LogP contribution in [0.5, 0.6) is 0 Å². The first-order valence-electron chi connectivity index (χ1n) is 6.74. The highest BCUT2D eigenvalue weighted by atomic mass is 32.2. The van der Waals surface area contributed by atoms with Gasteiger partial charge in [0.15, 0.2) is 0 Å². The molecule has 0 N–H and O–H groups in total. The summed E-state index contributed by atoms with van der Waals surface area (Å²) < 4.78 is 26.8. The van der Waals surface area contributed by atoms with Crippen molar-refractivity contribution in [1.82, 2.24) is 24.0 Å². The maximum Gasteiger partial charge on any atom is 0.346 e. The van der Waals surface area contributed by atoms with Crippen molar-refractivity contribution in [2.75, 3.05) is 26.2 Å². The topological polar surface area (TPSA) is 88.4 Å². The lowest BCUT2D eigenvalue weighted by atomic mass is 10.5. The number of likely N-dealkylation sites (N-methyl/N-ethyl adjacent to an activating group) is 1. The second-order valence-electron chi connectivity index (χ2n) is 4.17. The second kappa shape index (κ2) is 7.32. The number of carbonyl (C=O) groups is 1. The molecular formula is C12H21N5O3S. The van der Waals surface area contributed by atoms with Gasteiger partial charge in [-0.1, -0.05) is 13.0 Å². The first kappa shape index (κ1) is 17.3. The molecule has 0 unspecified atom stereocenters. The van der Waals surface area contributed by atoms with Crippen LogP contribution in [-0.4, -0.2) is 64.6 Å². The summed E-state index contributed by atoms with van der Waals surface area (Å²) in [6, 6.07) is -0.402. The summed E-state index contributed by atoms with van der Waals surface area (Å²) in [6.45, 7) is 10.3. The van der Waals surface area contributed by atoms with Gasteiger partial charge in [0.25, 0.3) is 15.2 Å². The summed E-state index contributed by atoms with van der Waals surface area (Å²) in [5.41, 5.74) is 0. The molecule has 1 aromatic rings. The molecule has 0 spiro atoms. The lowest BCUT2D eigenvalue weighted by molar-refractivity contribution is 0.201. The van der Waals surface area contributed by atoms with Crippen molar-refractivity contribution in [2.24, 2.45) is 0 Å². The number of sulfonamides is 1. The fraction of sp³-hybridized carbons (Fsp3) is 0.583. The highest BCUT2D eigenvalue weighted by Crippen LogP contribution is 2.10. The molecule has 8 nitrogen and oxygen atoms in total. The highest BCUT2D eigenvalue weighted by Gasteiger charge is 2.27. The largest absolute Gasteiger partial charge is 0.346 e. The molecule has 1 aromatic heterocycles. The third kappa shape index (κ3) is 3.67. The van der Waals surface area contributed by atoms with E-state index >= 15 is 0 Å². The van der Waals surface area contributed by atoms with E-state index in [-0.39, 0.29) is 18.2 Å². The maximum atomic E-state index is 12.3. The van der Waals surface area contributed by atoms with E-state index < -0.39 is 16.1 Å². The molecule has 0 bridgehead atoms. The van der Waals surface area contributed by atoms with Crippen LogP contribution in [0.1, 0.15) is 20.8 Å². The SMILES string of the molecule is C=CCN(CC)S(=O)(=O)c1ncn(C(=O)N(CC)CC)n1. The Bertz CT molecular complexity index is 592. The number of hydrogen-bond donors (Lipinski definition) is 0. The zero-order valence-electron chi connectivity index (χ0n) is 12.6. The Morgan fingerprint density at radius 2 is 1.95 bits per heavy atom. The molecule has 1 heterocycles. The van der Waals surface area contributed by atoms with E-state index in [1.165, 1.54) is 15.3 Å². The van der Waals surface area contributed by atoms with Gasteiger partial charge in [-0.05, 0) is 13.8 Å². The van der Waals surface area contributed by atoms with Gasteiger partial charge in [0.05, 0.1) is 0 Å². The van der Waals surface area contributed by atoms with Crippen LogP contribution < -0.4 is 0 Å². The third-order valence-corrected chi connectivity index (χ3v) is 4.69. The Morgan fingerprint density at radius 3 is 2.43 bits per heavy atom. The van der Waals surface area contributed by atoms with E-state index in [1.54, 1.807) is 6.92 Å². The van der Waals surface area contributed by atoms with Crippen molar-refractivity contribution in [1.29, 1.82) is 0 Å². The van der Waals surface area contributed by atoms with E-state index in [0.29, 0.717) is 13.1 Å². The van der Waals surface area contributed by atoms with Gasteiger partial charge in [0, 0.05) is 26.2 Å². The highest BCUT2D eigenvalue weighted by molar-refractivity contribution is 7.88. The molecule has 0 fully saturated rings. The fourth-order valence-corrected chi connectivity index (χ4v) is 3.00. The van der Waals surface area contributed by atoms with E-state index in [9.17, 15) is 13.2 Å². The zero-order chi connectivity index (χ0) is 16.0. The summed E-state index contributed by atoms with van der Waals surface area (Å²) >= 11 is 0. The Hall–Kier alpha value is -1.74. The van der Waals surface area contributed by atoms with Crippen molar-refractivity contribution in [3.05, 3.63) is 19.0 Å². The van der Waals surface area contributed by atoms with E-state index in [0.717, 1.165) is 11.0 Å². The minimum absolute atomic E-state index is 0.164. The average molecular weight is 315 g/mol. The Morgan fingerprint density at radius 1 is 1.33 bits per heavy atom. The third-order valence-electron chi connectivity index (χ3n) is 2.96. The second-order valence-corrected chi connectivity index (χ2v) is 6.00. The van der Waals surface area contributed by atoms with Gasteiger partial charge in [-0.15, -0.1) is 11.7 Å². The average Bonchev–Trinajstić information content (AvgIpc) is 2.96. The minimum atomic E-state index is -3.82. The van der Waals surface area contributed by atoms with Crippen LogP contribution in [0.2, 0.25) is 0 Å². The normalized spacial score (nSPS) is 11.6. The molecule has 0 atom stereocenters. The van der Waals surface area contributed by atoms with Crippen molar-refractivity contribution >= 4 is 16.1 Å². The van der Waals surface area contributed by atoms with Gasteiger partial charge in [0.1, 0.15) is 6.33 Å². The van der Waals surface area contributed by atoms with E-state index in [2.05, 4.69) is 16.7 Å². The van der Waals surface area contributed by atoms with Crippen molar-refractivity contribution in [2.45, 2.75) is 25.9 Å². The monoisotopic (exact) mass is 315 g/mol. The smallest absolute Gasteiger partial charge is 0.323 e. The van der Waals surface area contributed by atoms with Crippen molar-refractivity contribution in [3.63, 3.8) is 0 Å². The van der Waals surface area contributed by atoms with Crippen LogP contribution in [-0.2, 0) is 10.0 Å². The first-order chi connectivity index (χ1) is 9.92. The van der Waals surface area contributed by atoms with Crippen LogP contribution >= 0.6 is 0 Å². The lowest BCUT2D eigenvalue weighted by Gasteiger charge is -2.17. The van der Waals surface area contributed by atoms with Gasteiger partial charge in [0.2, 0.25) is 0 Å². The molecule has 0 radical (unpaired) electrons. The number of carbonyl (C=O) groups excluding carboxylic acids is 1. The van der Waals surface area contributed by atoms with Gasteiger partial charge >= 0.3 is 6.03 Å². The van der Waals surface area contributed by atoms with Crippen LogP contribution in [0, 0.1) is 0 Å². The molecule has 1 amide bonds. The van der Waals surface area contributed by atoms with Crippen LogP contribution in [0.4, 0.5) is 4.79 Å². The van der Waals surface area contributed by atoms with Crippen molar-refractivity contribution in [3.8, 4) is 0 Å². The predicted molar refractivity (Wildman–Crippen MR) is 78.4 cm³/mol. The van der Waals surface area contributed by atoms with E-state index in [1.807, 2.05) is 13.8 Å². The number of hydrogen-bond acceptors (Lipinski definition) is 5.